The zero-order valence-electron chi connectivity index (χ0n) is 12.1. The molecule has 0 unspecified atom stereocenters. The Morgan fingerprint density at radius 3 is 2.36 bits per heavy atom. The molecule has 1 aromatic carbocycles. The van der Waals surface area contributed by atoms with Crippen LogP contribution in [-0.2, 0) is 6.54 Å². The fourth-order valence-electron chi connectivity index (χ4n) is 2.84. The third-order valence-electron chi connectivity index (χ3n) is 4.10. The average molecular weight is 318 g/mol. The van der Waals surface area contributed by atoms with Gasteiger partial charge >= 0.3 is 0 Å². The Hall–Kier alpha value is -2.27. The van der Waals surface area contributed by atoms with Gasteiger partial charge in [-0.25, -0.2) is 0 Å². The minimum absolute atomic E-state index is 0.0513. The number of halogens is 1. The number of benzene rings is 1. The Morgan fingerprint density at radius 1 is 1.09 bits per heavy atom. The summed E-state index contributed by atoms with van der Waals surface area (Å²) in [5, 5.41) is 0.694. The van der Waals surface area contributed by atoms with Crippen molar-refractivity contribution >= 4 is 23.4 Å². The molecule has 1 aliphatic heterocycles. The summed E-state index contributed by atoms with van der Waals surface area (Å²) in [4.78, 5) is 25.6. The number of hydrogen-bond donors (Lipinski definition) is 1. The van der Waals surface area contributed by atoms with E-state index < -0.39 is 5.91 Å². The minimum atomic E-state index is -0.502. The summed E-state index contributed by atoms with van der Waals surface area (Å²) in [5.41, 5.74) is 7.17. The number of primary amides is 1. The molecule has 0 spiro atoms. The van der Waals surface area contributed by atoms with Crippen LogP contribution < -0.4 is 5.73 Å². The largest absolute Gasteiger partial charge is 0.366 e. The highest BCUT2D eigenvalue weighted by molar-refractivity contribution is 6.29. The Morgan fingerprint density at radius 2 is 1.73 bits per heavy atom. The van der Waals surface area contributed by atoms with Gasteiger partial charge in [-0.1, -0.05) is 11.6 Å². The van der Waals surface area contributed by atoms with Crippen LogP contribution in [0.15, 0.2) is 36.4 Å². The molecule has 2 heterocycles. The minimum Gasteiger partial charge on any atom is -0.366 e. The Bertz CT molecular complexity index is 736. The number of carbonyl (C=O) groups is 2. The second-order valence-corrected chi connectivity index (χ2v) is 5.74. The highest BCUT2D eigenvalue weighted by Gasteiger charge is 2.29. The van der Waals surface area contributed by atoms with Gasteiger partial charge in [0.1, 0.15) is 5.15 Å². The molecule has 1 atom stereocenters. The van der Waals surface area contributed by atoms with E-state index in [-0.39, 0.29) is 11.9 Å². The molecule has 2 amide bonds. The van der Waals surface area contributed by atoms with Crippen LogP contribution >= 0.6 is 11.6 Å². The molecule has 114 valence electrons. The van der Waals surface area contributed by atoms with Crippen molar-refractivity contribution in [3.05, 3.63) is 58.4 Å². The molecule has 1 aromatic heterocycles. The summed E-state index contributed by atoms with van der Waals surface area (Å²) >= 11 is 6.13. The van der Waals surface area contributed by atoms with Gasteiger partial charge in [0.2, 0.25) is 5.91 Å². The average Bonchev–Trinajstić information content (AvgIpc) is 2.89. The van der Waals surface area contributed by atoms with Crippen LogP contribution in [0.3, 0.4) is 0 Å². The number of amides is 2. The fraction of sp³-hybridized carbons (Fsp3) is 0.250. The van der Waals surface area contributed by atoms with Crippen LogP contribution in [0.4, 0.5) is 0 Å². The monoisotopic (exact) mass is 317 g/mol. The van der Waals surface area contributed by atoms with Crippen molar-refractivity contribution in [2.24, 2.45) is 5.73 Å². The number of nitrogens with zero attached hydrogens (tertiary/aromatic N) is 2. The number of carbonyl (C=O) groups excluding carboxylic acids is 2. The zero-order chi connectivity index (χ0) is 15.9. The summed E-state index contributed by atoms with van der Waals surface area (Å²) in [7, 11) is 0. The normalized spacial score (nSPS) is 17.2. The lowest BCUT2D eigenvalue weighted by molar-refractivity contribution is 0.0643. The van der Waals surface area contributed by atoms with E-state index in [1.807, 2.05) is 28.5 Å². The van der Waals surface area contributed by atoms with Gasteiger partial charge in [0.05, 0.1) is 6.04 Å². The van der Waals surface area contributed by atoms with Gasteiger partial charge in [0.15, 0.2) is 0 Å². The molecule has 5 nitrogen and oxygen atoms in total. The van der Waals surface area contributed by atoms with Crippen LogP contribution in [0, 0.1) is 0 Å². The summed E-state index contributed by atoms with van der Waals surface area (Å²) < 4.78 is 2.02. The van der Waals surface area contributed by atoms with E-state index in [4.69, 9.17) is 17.3 Å². The third kappa shape index (κ3) is 2.37. The van der Waals surface area contributed by atoms with Crippen LogP contribution in [-0.4, -0.2) is 27.8 Å². The summed E-state index contributed by atoms with van der Waals surface area (Å²) in [6.07, 6.45) is 0. The molecular formula is C16H16ClN3O2. The predicted octanol–water partition coefficient (Wildman–Crippen LogP) is 2.46. The van der Waals surface area contributed by atoms with Gasteiger partial charge in [-0.2, -0.15) is 0 Å². The summed E-state index contributed by atoms with van der Waals surface area (Å²) in [5.74, 6) is -0.565. The molecule has 22 heavy (non-hydrogen) atoms. The van der Waals surface area contributed by atoms with Gasteiger partial charge in [0, 0.05) is 29.9 Å². The lowest BCUT2D eigenvalue weighted by Gasteiger charge is -2.35. The third-order valence-corrected chi connectivity index (χ3v) is 4.43. The van der Waals surface area contributed by atoms with Gasteiger partial charge in [0.25, 0.3) is 5.91 Å². The molecule has 0 bridgehead atoms. The van der Waals surface area contributed by atoms with Crippen LogP contribution in [0.1, 0.15) is 39.4 Å². The van der Waals surface area contributed by atoms with Crippen molar-refractivity contribution in [1.82, 2.24) is 9.47 Å². The first kappa shape index (κ1) is 14.7. The van der Waals surface area contributed by atoms with Gasteiger partial charge < -0.3 is 15.2 Å². The fourth-order valence-corrected chi connectivity index (χ4v) is 3.08. The first-order valence-corrected chi connectivity index (χ1v) is 7.42. The van der Waals surface area contributed by atoms with Crippen LogP contribution in [0.5, 0.6) is 0 Å². The van der Waals surface area contributed by atoms with Crippen molar-refractivity contribution < 1.29 is 9.59 Å². The second kappa shape index (κ2) is 5.50. The maximum absolute atomic E-state index is 12.7. The predicted molar refractivity (Wildman–Crippen MR) is 83.9 cm³/mol. The Balaban J connectivity index is 1.85. The molecule has 0 fully saturated rings. The number of hydrogen-bond acceptors (Lipinski definition) is 2. The summed E-state index contributed by atoms with van der Waals surface area (Å²) in [6, 6.07) is 10.2. The van der Waals surface area contributed by atoms with Crippen LogP contribution in [0.2, 0.25) is 5.15 Å². The smallest absolute Gasteiger partial charge is 0.254 e. The zero-order valence-corrected chi connectivity index (χ0v) is 12.9. The molecule has 2 N–H and O–H groups in total. The van der Waals surface area contributed by atoms with Gasteiger partial charge in [-0.05, 0) is 43.3 Å². The van der Waals surface area contributed by atoms with Crippen molar-refractivity contribution in [2.75, 3.05) is 6.54 Å². The SMILES string of the molecule is C[C@@H]1c2ccc(Cl)n2CCN1C(=O)c1ccc(C(N)=O)cc1. The van der Waals surface area contributed by atoms with Gasteiger partial charge in [-0.3, -0.25) is 9.59 Å². The molecule has 3 rings (SSSR count). The molecule has 0 aliphatic carbocycles. The number of rotatable bonds is 2. The first-order valence-electron chi connectivity index (χ1n) is 7.05. The van der Waals surface area contributed by atoms with Crippen molar-refractivity contribution in [1.29, 1.82) is 0 Å². The van der Waals surface area contributed by atoms with Crippen molar-refractivity contribution in [3.8, 4) is 0 Å². The Labute approximate surface area is 133 Å². The van der Waals surface area contributed by atoms with E-state index in [1.54, 1.807) is 24.3 Å². The highest BCUT2D eigenvalue weighted by atomic mass is 35.5. The molecule has 0 saturated heterocycles. The lowest BCUT2D eigenvalue weighted by atomic mass is 10.1. The van der Waals surface area contributed by atoms with Crippen LogP contribution in [0.25, 0.3) is 0 Å². The molecule has 6 heteroatoms. The number of nitrogens with two attached hydrogens (primary N) is 1. The van der Waals surface area contributed by atoms with E-state index in [1.165, 1.54) is 0 Å². The topological polar surface area (TPSA) is 68.3 Å². The van der Waals surface area contributed by atoms with Crippen molar-refractivity contribution in [2.45, 2.75) is 19.5 Å². The molecular weight excluding hydrogens is 302 g/mol. The maximum atomic E-state index is 12.7. The highest BCUT2D eigenvalue weighted by Crippen LogP contribution is 2.30. The van der Waals surface area contributed by atoms with E-state index in [0.717, 1.165) is 5.69 Å². The van der Waals surface area contributed by atoms with E-state index in [9.17, 15) is 9.59 Å². The van der Waals surface area contributed by atoms with Gasteiger partial charge in [-0.15, -0.1) is 0 Å². The second-order valence-electron chi connectivity index (χ2n) is 5.35. The Kier molecular flexibility index (Phi) is 3.66. The quantitative estimate of drug-likeness (QED) is 0.924. The standard InChI is InChI=1S/C16H16ClN3O2/c1-10-13-6-7-14(17)20(13)9-8-19(10)16(22)12-4-2-11(3-5-12)15(18)21/h2-7,10H,8-9H2,1H3,(H2,18,21)/t10-/m1/s1. The molecule has 1 aliphatic rings. The molecule has 2 aromatic rings. The molecule has 0 radical (unpaired) electrons. The molecule has 0 saturated carbocycles. The maximum Gasteiger partial charge on any atom is 0.254 e. The number of aromatic nitrogens is 1. The first-order chi connectivity index (χ1) is 10.5. The van der Waals surface area contributed by atoms with E-state index in [0.29, 0.717) is 29.4 Å². The van der Waals surface area contributed by atoms with Crippen molar-refractivity contribution in [3.63, 3.8) is 0 Å². The van der Waals surface area contributed by atoms with E-state index >= 15 is 0 Å². The summed E-state index contributed by atoms with van der Waals surface area (Å²) in [6.45, 7) is 3.26. The number of fused-ring (bicyclic) bond motifs is 1. The lowest BCUT2D eigenvalue weighted by Crippen LogP contribution is -2.40. The van der Waals surface area contributed by atoms with E-state index in [2.05, 4.69) is 0 Å².